The molecule has 0 saturated carbocycles. The Morgan fingerprint density at radius 3 is 3.04 bits per heavy atom. The number of ether oxygens (including phenoxy) is 1. The Morgan fingerprint density at radius 2 is 2.26 bits per heavy atom. The first-order chi connectivity index (χ1) is 11.1. The average Bonchev–Trinajstić information content (AvgIpc) is 2.98. The molecule has 1 atom stereocenters. The van der Waals surface area contributed by atoms with Gasteiger partial charge < -0.3 is 14.2 Å². The Balaban J connectivity index is 1.51. The lowest BCUT2D eigenvalue weighted by atomic mass is 9.95. The van der Waals surface area contributed by atoms with E-state index < -0.39 is 0 Å². The zero-order valence-corrected chi connectivity index (χ0v) is 13.7. The second-order valence-corrected chi connectivity index (χ2v) is 6.14. The third kappa shape index (κ3) is 3.55. The Morgan fingerprint density at radius 1 is 1.43 bits per heavy atom. The van der Waals surface area contributed by atoms with Crippen LogP contribution < -0.4 is 4.74 Å². The van der Waals surface area contributed by atoms with Gasteiger partial charge in [0, 0.05) is 39.5 Å². The molecule has 1 aliphatic heterocycles. The van der Waals surface area contributed by atoms with Crippen molar-refractivity contribution >= 4 is 5.91 Å². The van der Waals surface area contributed by atoms with E-state index in [1.807, 2.05) is 54.0 Å². The number of nitrogens with zero attached hydrogens (tertiary/aromatic N) is 3. The van der Waals surface area contributed by atoms with Gasteiger partial charge in [0.05, 0.1) is 5.92 Å². The summed E-state index contributed by atoms with van der Waals surface area (Å²) in [4.78, 5) is 18.7. The summed E-state index contributed by atoms with van der Waals surface area (Å²) < 4.78 is 7.75. The predicted octanol–water partition coefficient (Wildman–Crippen LogP) is 2.06. The van der Waals surface area contributed by atoms with Gasteiger partial charge in [0.15, 0.2) is 0 Å². The lowest BCUT2D eigenvalue weighted by Crippen LogP contribution is -2.39. The SMILES string of the molecule is CN(CCCc1nccn1C)C(=O)[C@@H]1COc2ccccc2C1. The van der Waals surface area contributed by atoms with Crippen molar-refractivity contribution in [2.75, 3.05) is 20.2 Å². The standard InChI is InChI=1S/C18H23N3O2/c1-20-11-9-19-17(20)8-5-10-21(2)18(22)15-12-14-6-3-4-7-16(14)23-13-15/h3-4,6-7,9,11,15H,5,8,10,12-13H2,1-2H3/t15-/m0/s1. The van der Waals surface area contributed by atoms with Crippen LogP contribution in [0.5, 0.6) is 5.75 Å². The Bertz CT molecular complexity index is 680. The molecule has 2 heterocycles. The molecule has 1 aliphatic rings. The van der Waals surface area contributed by atoms with E-state index in [2.05, 4.69) is 4.98 Å². The van der Waals surface area contributed by atoms with Gasteiger partial charge in [-0.05, 0) is 24.5 Å². The van der Waals surface area contributed by atoms with E-state index in [0.717, 1.165) is 42.9 Å². The molecule has 1 amide bonds. The number of carbonyl (C=O) groups is 1. The smallest absolute Gasteiger partial charge is 0.229 e. The second kappa shape index (κ2) is 6.86. The molecule has 5 nitrogen and oxygen atoms in total. The predicted molar refractivity (Wildman–Crippen MR) is 88.3 cm³/mol. The molecule has 1 aromatic carbocycles. The van der Waals surface area contributed by atoms with E-state index >= 15 is 0 Å². The number of amides is 1. The van der Waals surface area contributed by atoms with Crippen LogP contribution in [0.1, 0.15) is 17.8 Å². The van der Waals surface area contributed by atoms with Crippen molar-refractivity contribution < 1.29 is 9.53 Å². The molecule has 0 bridgehead atoms. The molecule has 0 fully saturated rings. The lowest BCUT2D eigenvalue weighted by molar-refractivity contribution is -0.135. The molecule has 122 valence electrons. The number of fused-ring (bicyclic) bond motifs is 1. The minimum atomic E-state index is -0.0805. The van der Waals surface area contributed by atoms with Crippen LogP contribution in [0.2, 0.25) is 0 Å². The zero-order chi connectivity index (χ0) is 16.2. The van der Waals surface area contributed by atoms with E-state index in [0.29, 0.717) is 6.61 Å². The number of carbonyl (C=O) groups excluding carboxylic acids is 1. The number of benzene rings is 1. The average molecular weight is 313 g/mol. The maximum Gasteiger partial charge on any atom is 0.229 e. The molecule has 5 heteroatoms. The van der Waals surface area contributed by atoms with E-state index in [1.54, 1.807) is 6.20 Å². The van der Waals surface area contributed by atoms with Gasteiger partial charge in [-0.25, -0.2) is 4.98 Å². The fourth-order valence-corrected chi connectivity index (χ4v) is 3.02. The minimum Gasteiger partial charge on any atom is -0.492 e. The number of hydrogen-bond acceptors (Lipinski definition) is 3. The largest absolute Gasteiger partial charge is 0.492 e. The van der Waals surface area contributed by atoms with Crippen molar-refractivity contribution in [2.24, 2.45) is 13.0 Å². The van der Waals surface area contributed by atoms with Gasteiger partial charge in [-0.3, -0.25) is 4.79 Å². The first-order valence-electron chi connectivity index (χ1n) is 8.07. The third-order valence-electron chi connectivity index (χ3n) is 4.42. The summed E-state index contributed by atoms with van der Waals surface area (Å²) >= 11 is 0. The molecule has 0 aliphatic carbocycles. The first-order valence-corrected chi connectivity index (χ1v) is 8.07. The van der Waals surface area contributed by atoms with E-state index in [9.17, 15) is 4.79 Å². The Kier molecular flexibility index (Phi) is 4.65. The molecule has 0 unspecified atom stereocenters. The highest BCUT2D eigenvalue weighted by Gasteiger charge is 2.27. The maximum absolute atomic E-state index is 12.6. The monoisotopic (exact) mass is 313 g/mol. The summed E-state index contributed by atoms with van der Waals surface area (Å²) in [5.41, 5.74) is 1.12. The normalized spacial score (nSPS) is 16.5. The van der Waals surface area contributed by atoms with Gasteiger partial charge in [0.2, 0.25) is 5.91 Å². The number of rotatable bonds is 5. The van der Waals surface area contributed by atoms with Gasteiger partial charge in [-0.2, -0.15) is 0 Å². The van der Waals surface area contributed by atoms with Crippen LogP contribution in [0.3, 0.4) is 0 Å². The van der Waals surface area contributed by atoms with E-state index in [-0.39, 0.29) is 11.8 Å². The van der Waals surface area contributed by atoms with Gasteiger partial charge in [-0.15, -0.1) is 0 Å². The molecule has 23 heavy (non-hydrogen) atoms. The molecule has 3 rings (SSSR count). The highest BCUT2D eigenvalue weighted by molar-refractivity contribution is 5.79. The van der Waals surface area contributed by atoms with Crippen molar-refractivity contribution in [1.82, 2.24) is 14.5 Å². The highest BCUT2D eigenvalue weighted by atomic mass is 16.5. The molecule has 1 aromatic heterocycles. The van der Waals surface area contributed by atoms with Crippen molar-refractivity contribution in [1.29, 1.82) is 0 Å². The van der Waals surface area contributed by atoms with Gasteiger partial charge in [0.1, 0.15) is 18.2 Å². The van der Waals surface area contributed by atoms with Crippen LogP contribution in [0.25, 0.3) is 0 Å². The fourth-order valence-electron chi connectivity index (χ4n) is 3.02. The van der Waals surface area contributed by atoms with Crippen LogP contribution >= 0.6 is 0 Å². The van der Waals surface area contributed by atoms with Crippen molar-refractivity contribution in [3.8, 4) is 5.75 Å². The van der Waals surface area contributed by atoms with Crippen molar-refractivity contribution in [2.45, 2.75) is 19.3 Å². The summed E-state index contributed by atoms with van der Waals surface area (Å²) in [6.07, 6.45) is 6.31. The summed E-state index contributed by atoms with van der Waals surface area (Å²) in [7, 11) is 3.87. The zero-order valence-electron chi connectivity index (χ0n) is 13.7. The van der Waals surface area contributed by atoms with Crippen molar-refractivity contribution in [3.63, 3.8) is 0 Å². The quantitative estimate of drug-likeness (QED) is 0.849. The third-order valence-corrected chi connectivity index (χ3v) is 4.42. The lowest BCUT2D eigenvalue weighted by Gasteiger charge is -2.28. The van der Waals surface area contributed by atoms with Crippen LogP contribution in [0, 0.1) is 5.92 Å². The van der Waals surface area contributed by atoms with Gasteiger partial charge >= 0.3 is 0 Å². The number of para-hydroxylation sites is 1. The topological polar surface area (TPSA) is 47.4 Å². The molecule has 2 aromatic rings. The maximum atomic E-state index is 12.6. The fraction of sp³-hybridized carbons (Fsp3) is 0.444. The van der Waals surface area contributed by atoms with Crippen LogP contribution in [-0.2, 0) is 24.7 Å². The van der Waals surface area contributed by atoms with Crippen LogP contribution in [0.4, 0.5) is 0 Å². The first kappa shape index (κ1) is 15.6. The molecular weight excluding hydrogens is 290 g/mol. The van der Waals surface area contributed by atoms with Gasteiger partial charge in [0.25, 0.3) is 0 Å². The number of aromatic nitrogens is 2. The minimum absolute atomic E-state index is 0.0805. The van der Waals surface area contributed by atoms with Crippen LogP contribution in [-0.4, -0.2) is 40.6 Å². The summed E-state index contributed by atoms with van der Waals surface area (Å²) in [6.45, 7) is 1.21. The Labute approximate surface area is 136 Å². The number of aryl methyl sites for hydroxylation is 2. The number of imidazole rings is 1. The summed E-state index contributed by atoms with van der Waals surface area (Å²) in [5, 5.41) is 0. The molecule has 0 saturated heterocycles. The number of hydrogen-bond donors (Lipinski definition) is 0. The molecule has 0 radical (unpaired) electrons. The van der Waals surface area contributed by atoms with Crippen LogP contribution in [0.15, 0.2) is 36.7 Å². The second-order valence-electron chi connectivity index (χ2n) is 6.14. The molecule has 0 spiro atoms. The van der Waals surface area contributed by atoms with E-state index in [4.69, 9.17) is 4.74 Å². The summed E-state index contributed by atoms with van der Waals surface area (Å²) in [6, 6.07) is 7.96. The summed E-state index contributed by atoms with van der Waals surface area (Å²) in [5.74, 6) is 2.05. The van der Waals surface area contributed by atoms with Crippen molar-refractivity contribution in [3.05, 3.63) is 48.0 Å². The highest BCUT2D eigenvalue weighted by Crippen LogP contribution is 2.27. The van der Waals surface area contributed by atoms with Gasteiger partial charge in [-0.1, -0.05) is 18.2 Å². The molecule has 0 N–H and O–H groups in total. The molecular formula is C18H23N3O2. The van der Waals surface area contributed by atoms with E-state index in [1.165, 1.54) is 0 Å². The Hall–Kier alpha value is -2.30.